The Morgan fingerprint density at radius 1 is 1.25 bits per heavy atom. The van der Waals surface area contributed by atoms with Gasteiger partial charge in [0.1, 0.15) is 15.8 Å². The molecule has 0 aliphatic heterocycles. The lowest BCUT2D eigenvalue weighted by molar-refractivity contribution is 0.418. The Labute approximate surface area is 126 Å². The molecule has 0 saturated heterocycles. The number of halogens is 1. The molecule has 0 atom stereocenters. The van der Waals surface area contributed by atoms with Gasteiger partial charge < -0.3 is 4.74 Å². The van der Waals surface area contributed by atoms with Crippen LogP contribution in [0, 0.1) is 0 Å². The van der Waals surface area contributed by atoms with E-state index < -0.39 is 0 Å². The summed E-state index contributed by atoms with van der Waals surface area (Å²) in [5.41, 5.74) is 2.08. The van der Waals surface area contributed by atoms with Crippen molar-refractivity contribution in [2.24, 2.45) is 0 Å². The smallest absolute Gasteiger partial charge is 0.175 e. The molecule has 0 N–H and O–H groups in total. The molecule has 0 fully saturated rings. The van der Waals surface area contributed by atoms with Crippen LogP contribution in [-0.2, 0) is 6.42 Å². The zero-order valence-corrected chi connectivity index (χ0v) is 12.8. The van der Waals surface area contributed by atoms with Gasteiger partial charge in [0, 0.05) is 5.39 Å². The molecular formula is C15H13ClN2OS. The summed E-state index contributed by atoms with van der Waals surface area (Å²) in [5, 5.41) is 3.33. The lowest BCUT2D eigenvalue weighted by Gasteiger charge is -2.06. The van der Waals surface area contributed by atoms with Crippen LogP contribution in [0.25, 0.3) is 21.6 Å². The standard InChI is InChI=1S/C15H13ClN2OS/c1-3-9-4-5-11-10(8-9)14(16)18-15(17-11)13-12(19-2)6-7-20-13/h4-8H,3H2,1-2H3. The highest BCUT2D eigenvalue weighted by atomic mass is 35.5. The SMILES string of the molecule is CCc1ccc2nc(-c3sccc3OC)nc(Cl)c2c1. The van der Waals surface area contributed by atoms with Crippen LogP contribution in [0.15, 0.2) is 29.6 Å². The number of hydrogen-bond acceptors (Lipinski definition) is 4. The van der Waals surface area contributed by atoms with Gasteiger partial charge >= 0.3 is 0 Å². The summed E-state index contributed by atoms with van der Waals surface area (Å²) >= 11 is 7.86. The van der Waals surface area contributed by atoms with Crippen molar-refractivity contribution in [3.8, 4) is 16.5 Å². The number of nitrogens with zero attached hydrogens (tertiary/aromatic N) is 2. The van der Waals surface area contributed by atoms with Gasteiger partial charge in [0.05, 0.1) is 12.6 Å². The van der Waals surface area contributed by atoms with Crippen molar-refractivity contribution in [3.05, 3.63) is 40.4 Å². The van der Waals surface area contributed by atoms with Gasteiger partial charge in [-0.1, -0.05) is 24.6 Å². The van der Waals surface area contributed by atoms with E-state index in [4.69, 9.17) is 16.3 Å². The van der Waals surface area contributed by atoms with Crippen LogP contribution in [0.1, 0.15) is 12.5 Å². The van der Waals surface area contributed by atoms with Crippen molar-refractivity contribution >= 4 is 33.8 Å². The lowest BCUT2D eigenvalue weighted by atomic mass is 10.1. The predicted molar refractivity (Wildman–Crippen MR) is 83.8 cm³/mol. The largest absolute Gasteiger partial charge is 0.495 e. The van der Waals surface area contributed by atoms with E-state index in [1.807, 2.05) is 23.6 Å². The van der Waals surface area contributed by atoms with E-state index in [0.717, 1.165) is 28.0 Å². The second kappa shape index (κ2) is 5.38. The first-order chi connectivity index (χ1) is 9.72. The average molecular weight is 305 g/mol. The Bertz CT molecular complexity index is 770. The molecular weight excluding hydrogens is 292 g/mol. The lowest BCUT2D eigenvalue weighted by Crippen LogP contribution is -1.93. The Balaban J connectivity index is 2.20. The summed E-state index contributed by atoms with van der Waals surface area (Å²) in [4.78, 5) is 9.91. The molecule has 3 rings (SSSR count). The van der Waals surface area contributed by atoms with Gasteiger partial charge in [-0.05, 0) is 35.6 Å². The number of rotatable bonds is 3. The molecule has 0 aliphatic rings. The summed E-state index contributed by atoms with van der Waals surface area (Å²) in [6.45, 7) is 2.11. The second-order valence-electron chi connectivity index (χ2n) is 4.36. The predicted octanol–water partition coefficient (Wildman–Crippen LogP) is 4.58. The Hall–Kier alpha value is -1.65. The van der Waals surface area contributed by atoms with Crippen molar-refractivity contribution in [2.75, 3.05) is 7.11 Å². The van der Waals surface area contributed by atoms with E-state index in [9.17, 15) is 0 Å². The fourth-order valence-electron chi connectivity index (χ4n) is 2.08. The molecule has 2 heterocycles. The first-order valence-electron chi connectivity index (χ1n) is 6.31. The number of ether oxygens (including phenoxy) is 1. The van der Waals surface area contributed by atoms with Crippen LogP contribution in [0.5, 0.6) is 5.75 Å². The fourth-order valence-corrected chi connectivity index (χ4v) is 3.10. The highest BCUT2D eigenvalue weighted by molar-refractivity contribution is 7.13. The third-order valence-electron chi connectivity index (χ3n) is 3.17. The first kappa shape index (κ1) is 13.3. The zero-order valence-electron chi connectivity index (χ0n) is 11.2. The van der Waals surface area contributed by atoms with E-state index >= 15 is 0 Å². The van der Waals surface area contributed by atoms with E-state index in [1.165, 1.54) is 5.56 Å². The summed E-state index contributed by atoms with van der Waals surface area (Å²) in [7, 11) is 1.64. The number of fused-ring (bicyclic) bond motifs is 1. The van der Waals surface area contributed by atoms with E-state index in [0.29, 0.717) is 11.0 Å². The van der Waals surface area contributed by atoms with Crippen molar-refractivity contribution < 1.29 is 4.74 Å². The Morgan fingerprint density at radius 2 is 2.10 bits per heavy atom. The number of hydrogen-bond donors (Lipinski definition) is 0. The fraction of sp³-hybridized carbons (Fsp3) is 0.200. The second-order valence-corrected chi connectivity index (χ2v) is 5.64. The van der Waals surface area contributed by atoms with Gasteiger partial charge in [-0.3, -0.25) is 0 Å². The van der Waals surface area contributed by atoms with Gasteiger partial charge in [-0.25, -0.2) is 9.97 Å². The minimum absolute atomic E-state index is 0.482. The molecule has 102 valence electrons. The van der Waals surface area contributed by atoms with Gasteiger partial charge in [0.25, 0.3) is 0 Å². The van der Waals surface area contributed by atoms with Crippen LogP contribution < -0.4 is 4.74 Å². The minimum Gasteiger partial charge on any atom is -0.495 e. The molecule has 0 aliphatic carbocycles. The quantitative estimate of drug-likeness (QED) is 0.664. The molecule has 2 aromatic heterocycles. The Kier molecular flexibility index (Phi) is 3.59. The number of aryl methyl sites for hydroxylation is 1. The van der Waals surface area contributed by atoms with Gasteiger partial charge in [-0.2, -0.15) is 0 Å². The Morgan fingerprint density at radius 3 is 2.85 bits per heavy atom. The molecule has 3 nitrogen and oxygen atoms in total. The summed E-state index contributed by atoms with van der Waals surface area (Å²) in [5.74, 6) is 1.38. The van der Waals surface area contributed by atoms with Crippen LogP contribution in [-0.4, -0.2) is 17.1 Å². The van der Waals surface area contributed by atoms with Crippen LogP contribution in [0.2, 0.25) is 5.15 Å². The maximum Gasteiger partial charge on any atom is 0.175 e. The molecule has 3 aromatic rings. The summed E-state index contributed by atoms with van der Waals surface area (Å²) in [6.07, 6.45) is 0.965. The van der Waals surface area contributed by atoms with E-state index in [2.05, 4.69) is 23.0 Å². The van der Waals surface area contributed by atoms with Crippen LogP contribution in [0.3, 0.4) is 0 Å². The van der Waals surface area contributed by atoms with Crippen LogP contribution >= 0.6 is 22.9 Å². The minimum atomic E-state index is 0.482. The third kappa shape index (κ3) is 2.25. The first-order valence-corrected chi connectivity index (χ1v) is 7.56. The van der Waals surface area contributed by atoms with Crippen LogP contribution in [0.4, 0.5) is 0 Å². The van der Waals surface area contributed by atoms with Crippen molar-refractivity contribution in [3.63, 3.8) is 0 Å². The number of benzene rings is 1. The molecule has 5 heteroatoms. The monoisotopic (exact) mass is 304 g/mol. The molecule has 20 heavy (non-hydrogen) atoms. The van der Waals surface area contributed by atoms with E-state index in [1.54, 1.807) is 18.4 Å². The van der Waals surface area contributed by atoms with Crippen molar-refractivity contribution in [1.29, 1.82) is 0 Å². The topological polar surface area (TPSA) is 35.0 Å². The van der Waals surface area contributed by atoms with E-state index in [-0.39, 0.29) is 0 Å². The highest BCUT2D eigenvalue weighted by Gasteiger charge is 2.13. The average Bonchev–Trinajstić information content (AvgIpc) is 2.95. The summed E-state index contributed by atoms with van der Waals surface area (Å²) in [6, 6.07) is 8.02. The summed E-state index contributed by atoms with van der Waals surface area (Å²) < 4.78 is 5.32. The maximum atomic E-state index is 6.32. The number of methoxy groups -OCH3 is 1. The van der Waals surface area contributed by atoms with Gasteiger partial charge in [0.15, 0.2) is 5.82 Å². The van der Waals surface area contributed by atoms with Gasteiger partial charge in [0.2, 0.25) is 0 Å². The molecule has 0 amide bonds. The molecule has 0 bridgehead atoms. The van der Waals surface area contributed by atoms with Gasteiger partial charge in [-0.15, -0.1) is 11.3 Å². The van der Waals surface area contributed by atoms with Crippen molar-refractivity contribution in [2.45, 2.75) is 13.3 Å². The number of thiophene rings is 1. The molecule has 0 saturated carbocycles. The molecule has 0 spiro atoms. The highest BCUT2D eigenvalue weighted by Crippen LogP contribution is 2.35. The maximum absolute atomic E-state index is 6.32. The van der Waals surface area contributed by atoms with Crippen molar-refractivity contribution in [1.82, 2.24) is 9.97 Å². The number of aromatic nitrogens is 2. The normalized spacial score (nSPS) is 10.9. The molecule has 0 unspecified atom stereocenters. The molecule has 1 aromatic carbocycles. The molecule has 0 radical (unpaired) electrons. The zero-order chi connectivity index (χ0) is 14.1. The third-order valence-corrected chi connectivity index (χ3v) is 4.35.